The predicted octanol–water partition coefficient (Wildman–Crippen LogP) is 5.74. The van der Waals surface area contributed by atoms with E-state index in [1.807, 2.05) is 65.5 Å². The SMILES string of the molecule is c1ccc(-n2ncc3c(Nc4cccc(-c5csc(-c6cccnc6)n5)c4)ncnc32)cc1. The van der Waals surface area contributed by atoms with Gasteiger partial charge in [-0.05, 0) is 36.4 Å². The summed E-state index contributed by atoms with van der Waals surface area (Å²) in [5.74, 6) is 0.702. The summed E-state index contributed by atoms with van der Waals surface area (Å²) in [6.45, 7) is 0. The standard InChI is InChI=1S/C25H17N7S/c1-2-9-20(10-3-1)32-24-21(14-29-32)23(27-16-28-24)30-19-8-4-6-17(12-19)22-15-33-25(31-22)18-7-5-11-26-13-18/h1-16H,(H,27,28,30). The van der Waals surface area contributed by atoms with Gasteiger partial charge in [0, 0.05) is 34.6 Å². The molecule has 0 aliphatic heterocycles. The van der Waals surface area contributed by atoms with Gasteiger partial charge in [0.25, 0.3) is 0 Å². The fourth-order valence-electron chi connectivity index (χ4n) is 3.62. The maximum absolute atomic E-state index is 4.80. The number of benzene rings is 2. The third kappa shape index (κ3) is 3.72. The van der Waals surface area contributed by atoms with Crippen LogP contribution in [0.4, 0.5) is 11.5 Å². The highest BCUT2D eigenvalue weighted by atomic mass is 32.1. The van der Waals surface area contributed by atoms with Crippen LogP contribution in [0.2, 0.25) is 0 Å². The molecular weight excluding hydrogens is 430 g/mol. The highest BCUT2D eigenvalue weighted by molar-refractivity contribution is 7.13. The van der Waals surface area contributed by atoms with E-state index in [0.29, 0.717) is 5.82 Å². The lowest BCUT2D eigenvalue weighted by molar-refractivity contribution is 0.895. The van der Waals surface area contributed by atoms with Crippen molar-refractivity contribution in [2.75, 3.05) is 5.32 Å². The topological polar surface area (TPSA) is 81.4 Å². The summed E-state index contributed by atoms with van der Waals surface area (Å²) < 4.78 is 1.81. The molecule has 0 spiro atoms. The van der Waals surface area contributed by atoms with Crippen LogP contribution in [0.25, 0.3) is 38.5 Å². The van der Waals surface area contributed by atoms with E-state index >= 15 is 0 Å². The normalized spacial score (nSPS) is 11.0. The number of nitrogens with one attached hydrogen (secondary N) is 1. The van der Waals surface area contributed by atoms with Crippen molar-refractivity contribution in [1.82, 2.24) is 29.7 Å². The molecule has 0 radical (unpaired) electrons. The number of anilines is 2. The average Bonchev–Trinajstić information content (AvgIpc) is 3.54. The number of hydrogen-bond acceptors (Lipinski definition) is 7. The Bertz CT molecular complexity index is 1540. The highest BCUT2D eigenvalue weighted by Crippen LogP contribution is 2.31. The molecule has 0 aliphatic rings. The summed E-state index contributed by atoms with van der Waals surface area (Å²) in [5.41, 5.74) is 5.57. The van der Waals surface area contributed by atoms with E-state index in [4.69, 9.17) is 4.98 Å². The third-order valence-electron chi connectivity index (χ3n) is 5.20. The number of para-hydroxylation sites is 1. The zero-order valence-corrected chi connectivity index (χ0v) is 18.1. The van der Waals surface area contributed by atoms with Crippen molar-refractivity contribution in [2.45, 2.75) is 0 Å². The van der Waals surface area contributed by atoms with E-state index in [1.165, 1.54) is 0 Å². The number of pyridine rings is 1. The first-order valence-corrected chi connectivity index (χ1v) is 11.2. The van der Waals surface area contributed by atoms with Gasteiger partial charge in [-0.15, -0.1) is 11.3 Å². The van der Waals surface area contributed by atoms with Gasteiger partial charge in [-0.3, -0.25) is 4.98 Å². The number of nitrogens with zero attached hydrogens (tertiary/aromatic N) is 6. The Morgan fingerprint density at radius 2 is 1.76 bits per heavy atom. The van der Waals surface area contributed by atoms with Crippen molar-refractivity contribution in [3.63, 3.8) is 0 Å². The molecule has 2 aromatic carbocycles. The van der Waals surface area contributed by atoms with E-state index in [0.717, 1.165) is 44.2 Å². The van der Waals surface area contributed by atoms with Crippen LogP contribution < -0.4 is 5.32 Å². The molecule has 7 nitrogen and oxygen atoms in total. The maximum atomic E-state index is 4.80. The second-order valence-corrected chi connectivity index (χ2v) is 8.19. The fourth-order valence-corrected chi connectivity index (χ4v) is 4.44. The molecule has 0 atom stereocenters. The van der Waals surface area contributed by atoms with Gasteiger partial charge in [0.2, 0.25) is 0 Å². The Morgan fingerprint density at radius 3 is 2.64 bits per heavy atom. The van der Waals surface area contributed by atoms with Crippen molar-refractivity contribution in [3.8, 4) is 27.5 Å². The minimum Gasteiger partial charge on any atom is -0.339 e. The highest BCUT2D eigenvalue weighted by Gasteiger charge is 2.12. The molecule has 0 saturated heterocycles. The summed E-state index contributed by atoms with van der Waals surface area (Å²) in [7, 11) is 0. The van der Waals surface area contributed by atoms with Crippen LogP contribution in [0.1, 0.15) is 0 Å². The number of hydrogen-bond donors (Lipinski definition) is 1. The van der Waals surface area contributed by atoms with Gasteiger partial charge < -0.3 is 5.32 Å². The molecule has 0 amide bonds. The van der Waals surface area contributed by atoms with Crippen LogP contribution in [0, 0.1) is 0 Å². The quantitative estimate of drug-likeness (QED) is 0.363. The number of thiazole rings is 1. The molecule has 1 N–H and O–H groups in total. The Morgan fingerprint density at radius 1 is 0.848 bits per heavy atom. The van der Waals surface area contributed by atoms with Crippen LogP contribution in [0.5, 0.6) is 0 Å². The summed E-state index contributed by atoms with van der Waals surface area (Å²) in [6, 6.07) is 22.0. The zero-order valence-electron chi connectivity index (χ0n) is 17.3. The molecule has 6 rings (SSSR count). The van der Waals surface area contributed by atoms with Crippen molar-refractivity contribution in [2.24, 2.45) is 0 Å². The third-order valence-corrected chi connectivity index (χ3v) is 6.09. The first-order valence-electron chi connectivity index (χ1n) is 10.3. The van der Waals surface area contributed by atoms with Crippen LogP contribution in [-0.2, 0) is 0 Å². The Balaban J connectivity index is 1.31. The minimum absolute atomic E-state index is 0.702. The van der Waals surface area contributed by atoms with Crippen molar-refractivity contribution in [3.05, 3.63) is 97.0 Å². The minimum atomic E-state index is 0.702. The molecule has 8 heteroatoms. The predicted molar refractivity (Wildman–Crippen MR) is 131 cm³/mol. The molecule has 0 saturated carbocycles. The Labute approximate surface area is 193 Å². The summed E-state index contributed by atoms with van der Waals surface area (Å²) in [6.07, 6.45) is 6.93. The molecule has 33 heavy (non-hydrogen) atoms. The lowest BCUT2D eigenvalue weighted by atomic mass is 10.1. The first kappa shape index (κ1) is 19.3. The van der Waals surface area contributed by atoms with Crippen LogP contribution in [-0.4, -0.2) is 29.7 Å². The summed E-state index contributed by atoms with van der Waals surface area (Å²) >= 11 is 1.61. The number of fused-ring (bicyclic) bond motifs is 1. The molecule has 6 aromatic rings. The van der Waals surface area contributed by atoms with Crippen molar-refractivity contribution < 1.29 is 0 Å². The van der Waals surface area contributed by atoms with Gasteiger partial charge >= 0.3 is 0 Å². The summed E-state index contributed by atoms with van der Waals surface area (Å²) in [4.78, 5) is 17.9. The van der Waals surface area contributed by atoms with E-state index in [2.05, 4.69) is 42.9 Å². The lowest BCUT2D eigenvalue weighted by Crippen LogP contribution is -1.99. The second kappa shape index (κ2) is 8.25. The Hall–Kier alpha value is -4.43. The molecular formula is C25H17N7S. The monoisotopic (exact) mass is 447 g/mol. The number of rotatable bonds is 5. The van der Waals surface area contributed by atoms with E-state index in [1.54, 1.807) is 30.1 Å². The van der Waals surface area contributed by atoms with E-state index in [9.17, 15) is 0 Å². The molecule has 0 fully saturated rings. The van der Waals surface area contributed by atoms with Gasteiger partial charge in [0.15, 0.2) is 5.65 Å². The summed E-state index contributed by atoms with van der Waals surface area (Å²) in [5, 5.41) is 11.8. The fraction of sp³-hybridized carbons (Fsp3) is 0. The van der Waals surface area contributed by atoms with Gasteiger partial charge in [-0.1, -0.05) is 30.3 Å². The van der Waals surface area contributed by atoms with Crippen LogP contribution in [0.15, 0.2) is 97.0 Å². The molecule has 4 heterocycles. The molecule has 0 aliphatic carbocycles. The van der Waals surface area contributed by atoms with Crippen LogP contribution >= 0.6 is 11.3 Å². The van der Waals surface area contributed by atoms with Gasteiger partial charge in [-0.2, -0.15) is 5.10 Å². The Kier molecular flexibility index (Phi) is 4.82. The van der Waals surface area contributed by atoms with E-state index in [-0.39, 0.29) is 0 Å². The molecule has 0 bridgehead atoms. The van der Waals surface area contributed by atoms with Crippen molar-refractivity contribution in [1.29, 1.82) is 0 Å². The maximum Gasteiger partial charge on any atom is 0.168 e. The average molecular weight is 448 g/mol. The van der Waals surface area contributed by atoms with Gasteiger partial charge in [-0.25, -0.2) is 19.6 Å². The van der Waals surface area contributed by atoms with Gasteiger partial charge in [0.1, 0.15) is 17.2 Å². The van der Waals surface area contributed by atoms with E-state index < -0.39 is 0 Å². The molecule has 0 unspecified atom stereocenters. The lowest BCUT2D eigenvalue weighted by Gasteiger charge is -2.08. The van der Waals surface area contributed by atoms with Crippen molar-refractivity contribution >= 4 is 33.9 Å². The van der Waals surface area contributed by atoms with Crippen LogP contribution in [0.3, 0.4) is 0 Å². The number of aromatic nitrogens is 6. The second-order valence-electron chi connectivity index (χ2n) is 7.34. The molecule has 4 aromatic heterocycles. The van der Waals surface area contributed by atoms with Gasteiger partial charge in [0.05, 0.1) is 23.0 Å². The largest absolute Gasteiger partial charge is 0.339 e. The zero-order chi connectivity index (χ0) is 22.0. The molecule has 158 valence electrons. The first-order chi connectivity index (χ1) is 16.3. The smallest absolute Gasteiger partial charge is 0.168 e.